The predicted octanol–water partition coefficient (Wildman–Crippen LogP) is 1.83. The van der Waals surface area contributed by atoms with E-state index in [1.807, 2.05) is 42.3 Å². The molecule has 1 atom stereocenters. The Bertz CT molecular complexity index is 707. The summed E-state index contributed by atoms with van der Waals surface area (Å²) in [7, 11) is 1.95. The minimum Gasteiger partial charge on any atom is -0.459 e. The highest BCUT2D eigenvalue weighted by molar-refractivity contribution is 5.95. The third-order valence-electron chi connectivity index (χ3n) is 4.85. The molecule has 1 unspecified atom stereocenters. The number of nitrogens with one attached hydrogen (secondary N) is 2. The van der Waals surface area contributed by atoms with Gasteiger partial charge in [-0.05, 0) is 37.6 Å². The molecule has 0 radical (unpaired) electrons. The van der Waals surface area contributed by atoms with Crippen molar-refractivity contribution in [1.29, 1.82) is 0 Å². The van der Waals surface area contributed by atoms with Crippen LogP contribution >= 0.6 is 0 Å². The number of carbonyl (C=O) groups is 2. The number of hydrogen-bond acceptors (Lipinski definition) is 4. The molecule has 0 saturated carbocycles. The van der Waals surface area contributed by atoms with Gasteiger partial charge < -0.3 is 20.0 Å². The zero-order valence-electron chi connectivity index (χ0n) is 15.0. The maximum Gasteiger partial charge on any atom is 0.287 e. The van der Waals surface area contributed by atoms with Crippen LogP contribution in [0.5, 0.6) is 0 Å². The minimum absolute atomic E-state index is 0.0386. The van der Waals surface area contributed by atoms with Gasteiger partial charge in [0.1, 0.15) is 6.04 Å². The fourth-order valence-electron chi connectivity index (χ4n) is 3.30. The first-order chi connectivity index (χ1) is 12.7. The van der Waals surface area contributed by atoms with Crippen molar-refractivity contribution in [3.05, 3.63) is 60.1 Å². The van der Waals surface area contributed by atoms with Gasteiger partial charge >= 0.3 is 0 Å². The van der Waals surface area contributed by atoms with Crippen molar-refractivity contribution in [2.75, 3.05) is 20.1 Å². The van der Waals surface area contributed by atoms with E-state index in [9.17, 15) is 9.59 Å². The van der Waals surface area contributed by atoms with Crippen LogP contribution in [0.4, 0.5) is 0 Å². The standard InChI is InChI=1S/C20H25N3O3/c1-21-16-9-11-23(12-10-16)20(25)17(14-15-6-3-2-4-7-15)22-19(24)18-8-5-13-26-18/h2-8,13,16-17,21H,9-12,14H2,1H3,(H,22,24). The Morgan fingerprint density at radius 2 is 1.88 bits per heavy atom. The number of amides is 2. The topological polar surface area (TPSA) is 74.6 Å². The van der Waals surface area contributed by atoms with Crippen molar-refractivity contribution in [3.63, 3.8) is 0 Å². The van der Waals surface area contributed by atoms with E-state index in [0.717, 1.165) is 18.4 Å². The van der Waals surface area contributed by atoms with Gasteiger partial charge in [0.15, 0.2) is 5.76 Å². The highest BCUT2D eigenvalue weighted by Gasteiger charge is 2.29. The molecule has 3 rings (SSSR count). The van der Waals surface area contributed by atoms with E-state index < -0.39 is 6.04 Å². The second-order valence-corrected chi connectivity index (χ2v) is 6.58. The third-order valence-corrected chi connectivity index (χ3v) is 4.85. The molecule has 0 aliphatic carbocycles. The molecule has 2 N–H and O–H groups in total. The molecule has 138 valence electrons. The van der Waals surface area contributed by atoms with E-state index in [4.69, 9.17) is 4.42 Å². The van der Waals surface area contributed by atoms with Gasteiger partial charge in [0.25, 0.3) is 5.91 Å². The van der Waals surface area contributed by atoms with Crippen LogP contribution in [-0.4, -0.2) is 48.9 Å². The van der Waals surface area contributed by atoms with Crippen molar-refractivity contribution in [1.82, 2.24) is 15.5 Å². The first kappa shape index (κ1) is 18.2. The van der Waals surface area contributed by atoms with Gasteiger partial charge in [-0.3, -0.25) is 9.59 Å². The van der Waals surface area contributed by atoms with E-state index >= 15 is 0 Å². The number of piperidine rings is 1. The maximum absolute atomic E-state index is 13.1. The number of furan rings is 1. The molecule has 6 heteroatoms. The van der Waals surface area contributed by atoms with Gasteiger partial charge in [-0.25, -0.2) is 0 Å². The molecule has 1 aliphatic heterocycles. The highest BCUT2D eigenvalue weighted by atomic mass is 16.3. The smallest absolute Gasteiger partial charge is 0.287 e. The van der Waals surface area contributed by atoms with Crippen LogP contribution in [0.1, 0.15) is 29.0 Å². The minimum atomic E-state index is -0.610. The summed E-state index contributed by atoms with van der Waals surface area (Å²) >= 11 is 0. The van der Waals surface area contributed by atoms with Crippen LogP contribution in [0.3, 0.4) is 0 Å². The summed E-state index contributed by atoms with van der Waals surface area (Å²) < 4.78 is 5.16. The summed E-state index contributed by atoms with van der Waals surface area (Å²) in [5.41, 5.74) is 1.01. The van der Waals surface area contributed by atoms with Crippen LogP contribution in [0.2, 0.25) is 0 Å². The van der Waals surface area contributed by atoms with Crippen molar-refractivity contribution < 1.29 is 14.0 Å². The first-order valence-electron chi connectivity index (χ1n) is 9.01. The number of carbonyl (C=O) groups excluding carboxylic acids is 2. The van der Waals surface area contributed by atoms with Gasteiger partial charge in [-0.15, -0.1) is 0 Å². The zero-order valence-corrected chi connectivity index (χ0v) is 15.0. The molecule has 1 aromatic carbocycles. The quantitative estimate of drug-likeness (QED) is 0.829. The Kier molecular flexibility index (Phi) is 6.07. The summed E-state index contributed by atoms with van der Waals surface area (Å²) in [5, 5.41) is 6.11. The molecule has 2 amide bonds. The van der Waals surface area contributed by atoms with Crippen LogP contribution in [0.25, 0.3) is 0 Å². The van der Waals surface area contributed by atoms with Crippen molar-refractivity contribution in [2.45, 2.75) is 31.3 Å². The van der Waals surface area contributed by atoms with E-state index in [2.05, 4.69) is 10.6 Å². The van der Waals surface area contributed by atoms with Crippen LogP contribution < -0.4 is 10.6 Å². The van der Waals surface area contributed by atoms with Crippen molar-refractivity contribution >= 4 is 11.8 Å². The largest absolute Gasteiger partial charge is 0.459 e. The third kappa shape index (κ3) is 4.52. The molecule has 2 heterocycles. The van der Waals surface area contributed by atoms with Gasteiger partial charge in [0, 0.05) is 25.6 Å². The molecular formula is C20H25N3O3. The molecule has 2 aromatic rings. The zero-order chi connectivity index (χ0) is 18.4. The van der Waals surface area contributed by atoms with Gasteiger partial charge in [-0.2, -0.15) is 0 Å². The van der Waals surface area contributed by atoms with E-state index in [1.54, 1.807) is 12.1 Å². The van der Waals surface area contributed by atoms with Gasteiger partial charge in [0.2, 0.25) is 5.91 Å². The number of likely N-dealkylation sites (tertiary alicyclic amines) is 1. The van der Waals surface area contributed by atoms with E-state index in [0.29, 0.717) is 25.6 Å². The number of hydrogen-bond donors (Lipinski definition) is 2. The number of nitrogens with zero attached hydrogens (tertiary/aromatic N) is 1. The summed E-state index contributed by atoms with van der Waals surface area (Å²) in [6, 6.07) is 12.8. The summed E-state index contributed by atoms with van der Waals surface area (Å²) in [4.78, 5) is 27.3. The maximum atomic E-state index is 13.1. The molecule has 1 fully saturated rings. The lowest BCUT2D eigenvalue weighted by Crippen LogP contribution is -2.53. The molecule has 1 aromatic heterocycles. The second kappa shape index (κ2) is 8.67. The average Bonchev–Trinajstić information content (AvgIpc) is 3.23. The normalized spacial score (nSPS) is 16.3. The first-order valence-corrected chi connectivity index (χ1v) is 9.01. The fourth-order valence-corrected chi connectivity index (χ4v) is 3.30. The van der Waals surface area contributed by atoms with Crippen LogP contribution in [-0.2, 0) is 11.2 Å². The van der Waals surface area contributed by atoms with Crippen LogP contribution in [0.15, 0.2) is 53.1 Å². The molecule has 6 nitrogen and oxygen atoms in total. The number of benzene rings is 1. The molecule has 26 heavy (non-hydrogen) atoms. The van der Waals surface area contributed by atoms with Crippen molar-refractivity contribution in [2.24, 2.45) is 0 Å². The van der Waals surface area contributed by atoms with E-state index in [1.165, 1.54) is 6.26 Å². The summed E-state index contributed by atoms with van der Waals surface area (Å²) in [6.07, 6.45) is 3.75. The lowest BCUT2D eigenvalue weighted by molar-refractivity contribution is -0.134. The highest BCUT2D eigenvalue weighted by Crippen LogP contribution is 2.14. The Morgan fingerprint density at radius 3 is 2.50 bits per heavy atom. The predicted molar refractivity (Wildman–Crippen MR) is 98.8 cm³/mol. The molecule has 0 spiro atoms. The lowest BCUT2D eigenvalue weighted by Gasteiger charge is -2.34. The summed E-state index contributed by atoms with van der Waals surface area (Å²) in [6.45, 7) is 1.40. The van der Waals surface area contributed by atoms with Crippen LogP contribution in [0, 0.1) is 0 Å². The van der Waals surface area contributed by atoms with Crippen molar-refractivity contribution in [3.8, 4) is 0 Å². The Labute approximate surface area is 153 Å². The molecule has 0 bridgehead atoms. The Balaban J connectivity index is 1.71. The average molecular weight is 355 g/mol. The van der Waals surface area contributed by atoms with Gasteiger partial charge in [0.05, 0.1) is 6.26 Å². The Morgan fingerprint density at radius 1 is 1.15 bits per heavy atom. The number of rotatable bonds is 6. The Hall–Kier alpha value is -2.60. The molecule has 1 aliphatic rings. The molecular weight excluding hydrogens is 330 g/mol. The monoisotopic (exact) mass is 355 g/mol. The second-order valence-electron chi connectivity index (χ2n) is 6.58. The lowest BCUT2D eigenvalue weighted by atomic mass is 10.0. The SMILES string of the molecule is CNC1CCN(C(=O)C(Cc2ccccc2)NC(=O)c2ccco2)CC1. The summed E-state index contributed by atoms with van der Waals surface area (Å²) in [5.74, 6) is -0.192. The van der Waals surface area contributed by atoms with E-state index in [-0.39, 0.29) is 17.6 Å². The fraction of sp³-hybridized carbons (Fsp3) is 0.400. The molecule has 1 saturated heterocycles. The van der Waals surface area contributed by atoms with Gasteiger partial charge in [-0.1, -0.05) is 30.3 Å².